The lowest BCUT2D eigenvalue weighted by atomic mass is 9.95. The Bertz CT molecular complexity index is 492. The molecule has 1 aliphatic heterocycles. The zero-order valence-corrected chi connectivity index (χ0v) is 14.5. The van der Waals surface area contributed by atoms with E-state index < -0.39 is 11.8 Å². The molecule has 0 aromatic rings. The summed E-state index contributed by atoms with van der Waals surface area (Å²) < 4.78 is 0. The van der Waals surface area contributed by atoms with Gasteiger partial charge >= 0.3 is 11.8 Å². The lowest BCUT2D eigenvalue weighted by Gasteiger charge is -2.25. The number of rotatable bonds is 4. The molecule has 2 rings (SSSR count). The number of carbonyl (C=O) groups excluding carboxylic acids is 3. The molecule has 7 nitrogen and oxygen atoms in total. The second-order valence-corrected chi connectivity index (χ2v) is 6.72. The Morgan fingerprint density at radius 3 is 2.29 bits per heavy atom. The first-order valence-corrected chi connectivity index (χ1v) is 8.98. The second-order valence-electron chi connectivity index (χ2n) is 6.72. The third-order valence-electron chi connectivity index (χ3n) is 4.57. The van der Waals surface area contributed by atoms with E-state index in [2.05, 4.69) is 15.8 Å². The average Bonchev–Trinajstić information content (AvgIpc) is 2.60. The summed E-state index contributed by atoms with van der Waals surface area (Å²) in [5, 5.41) is 6.89. The lowest BCUT2D eigenvalue weighted by Crippen LogP contribution is -2.44. The van der Waals surface area contributed by atoms with E-state index in [0.717, 1.165) is 44.9 Å². The maximum atomic E-state index is 12.0. The van der Waals surface area contributed by atoms with Gasteiger partial charge in [-0.1, -0.05) is 19.3 Å². The first kappa shape index (κ1) is 18.4. The van der Waals surface area contributed by atoms with E-state index in [9.17, 15) is 14.4 Å². The van der Waals surface area contributed by atoms with Crippen molar-refractivity contribution in [3.8, 4) is 0 Å². The number of nitrogens with one attached hydrogen (secondary N) is 2. The van der Waals surface area contributed by atoms with Crippen molar-refractivity contribution in [2.24, 2.45) is 5.10 Å². The minimum absolute atomic E-state index is 0.0836. The normalized spacial score (nSPS) is 19.7. The van der Waals surface area contributed by atoms with Crippen LogP contribution >= 0.6 is 0 Å². The van der Waals surface area contributed by atoms with Crippen LogP contribution < -0.4 is 10.7 Å². The summed E-state index contributed by atoms with van der Waals surface area (Å²) in [6.45, 7) is 2.92. The Morgan fingerprint density at radius 1 is 1.00 bits per heavy atom. The molecular weight excluding hydrogens is 308 g/mol. The van der Waals surface area contributed by atoms with E-state index in [1.54, 1.807) is 11.8 Å². The fourth-order valence-corrected chi connectivity index (χ4v) is 3.23. The van der Waals surface area contributed by atoms with Crippen LogP contribution in [-0.2, 0) is 14.4 Å². The zero-order valence-electron chi connectivity index (χ0n) is 14.5. The number of hydrogen-bond donors (Lipinski definition) is 2. The summed E-state index contributed by atoms with van der Waals surface area (Å²) in [7, 11) is 0. The SMILES string of the molecule is C/C(CC(=O)NC1CCCCC1)=N/NC(=O)C(=O)N1CCCCC1. The quantitative estimate of drug-likeness (QED) is 0.461. The van der Waals surface area contributed by atoms with Crippen LogP contribution in [0.3, 0.4) is 0 Å². The molecule has 2 aliphatic rings. The highest BCUT2D eigenvalue weighted by Gasteiger charge is 2.23. The molecule has 0 spiro atoms. The lowest BCUT2D eigenvalue weighted by molar-refractivity contribution is -0.146. The highest BCUT2D eigenvalue weighted by molar-refractivity contribution is 6.35. The van der Waals surface area contributed by atoms with E-state index in [1.165, 1.54) is 6.42 Å². The molecule has 0 unspecified atom stereocenters. The van der Waals surface area contributed by atoms with E-state index in [1.807, 2.05) is 0 Å². The van der Waals surface area contributed by atoms with Gasteiger partial charge in [0.2, 0.25) is 5.91 Å². The topological polar surface area (TPSA) is 90.9 Å². The Morgan fingerprint density at radius 2 is 1.62 bits per heavy atom. The van der Waals surface area contributed by atoms with Crippen molar-refractivity contribution in [3.63, 3.8) is 0 Å². The van der Waals surface area contributed by atoms with Crippen molar-refractivity contribution in [2.45, 2.75) is 70.8 Å². The van der Waals surface area contributed by atoms with E-state index in [4.69, 9.17) is 0 Å². The van der Waals surface area contributed by atoms with Crippen molar-refractivity contribution < 1.29 is 14.4 Å². The van der Waals surface area contributed by atoms with E-state index in [-0.39, 0.29) is 18.4 Å². The van der Waals surface area contributed by atoms with Crippen LogP contribution in [0.4, 0.5) is 0 Å². The summed E-state index contributed by atoms with van der Waals surface area (Å²) in [4.78, 5) is 37.3. The molecular formula is C17H28N4O3. The molecule has 0 radical (unpaired) electrons. The summed E-state index contributed by atoms with van der Waals surface area (Å²) >= 11 is 0. The summed E-state index contributed by atoms with van der Waals surface area (Å²) in [6, 6.07) is 0.259. The van der Waals surface area contributed by atoms with Crippen molar-refractivity contribution in [3.05, 3.63) is 0 Å². The number of likely N-dealkylation sites (tertiary alicyclic amines) is 1. The molecule has 1 saturated carbocycles. The summed E-state index contributed by atoms with van der Waals surface area (Å²) in [6.07, 6.45) is 8.72. The molecule has 3 amide bonds. The van der Waals surface area contributed by atoms with Gasteiger partial charge in [0.25, 0.3) is 0 Å². The standard InChI is InChI=1S/C17H28N4O3/c1-13(12-15(22)18-14-8-4-2-5-9-14)19-20-16(23)17(24)21-10-6-3-7-11-21/h14H,2-12H2,1H3,(H,18,22)(H,20,23)/b19-13-. The van der Waals surface area contributed by atoms with Crippen LogP contribution in [0.1, 0.15) is 64.7 Å². The predicted molar refractivity (Wildman–Crippen MR) is 91.3 cm³/mol. The number of hydrogen-bond acceptors (Lipinski definition) is 4. The van der Waals surface area contributed by atoms with Gasteiger partial charge in [-0.25, -0.2) is 5.43 Å². The number of hydrazone groups is 1. The van der Waals surface area contributed by atoms with Crippen molar-refractivity contribution in [1.82, 2.24) is 15.6 Å². The first-order chi connectivity index (χ1) is 11.6. The highest BCUT2D eigenvalue weighted by atomic mass is 16.2. The monoisotopic (exact) mass is 336 g/mol. The second kappa shape index (κ2) is 9.39. The van der Waals surface area contributed by atoms with E-state index in [0.29, 0.717) is 18.8 Å². The molecule has 2 N–H and O–H groups in total. The van der Waals surface area contributed by atoms with Crippen molar-refractivity contribution >= 4 is 23.4 Å². The highest BCUT2D eigenvalue weighted by Crippen LogP contribution is 2.17. The summed E-state index contributed by atoms with van der Waals surface area (Å²) in [5.74, 6) is -1.36. The Balaban J connectivity index is 1.72. The van der Waals surface area contributed by atoms with Crippen LogP contribution in [0.25, 0.3) is 0 Å². The van der Waals surface area contributed by atoms with Gasteiger partial charge in [0.15, 0.2) is 0 Å². The molecule has 2 fully saturated rings. The fraction of sp³-hybridized carbons (Fsp3) is 0.765. The number of piperidine rings is 1. The molecule has 0 atom stereocenters. The molecule has 0 bridgehead atoms. The molecule has 24 heavy (non-hydrogen) atoms. The first-order valence-electron chi connectivity index (χ1n) is 8.98. The zero-order chi connectivity index (χ0) is 17.4. The van der Waals surface area contributed by atoms with Gasteiger partial charge in [0, 0.05) is 24.8 Å². The molecule has 1 heterocycles. The van der Waals surface area contributed by atoms with Crippen LogP contribution in [0.2, 0.25) is 0 Å². The van der Waals surface area contributed by atoms with Gasteiger partial charge in [0.1, 0.15) is 0 Å². The minimum atomic E-state index is -0.732. The number of nitrogens with zero attached hydrogens (tertiary/aromatic N) is 2. The predicted octanol–water partition coefficient (Wildman–Crippen LogP) is 1.33. The van der Waals surface area contributed by atoms with Gasteiger partial charge in [0.05, 0.1) is 6.42 Å². The molecule has 134 valence electrons. The fourth-order valence-electron chi connectivity index (χ4n) is 3.23. The Hall–Kier alpha value is -1.92. The van der Waals surface area contributed by atoms with Gasteiger partial charge < -0.3 is 10.2 Å². The average molecular weight is 336 g/mol. The number of amides is 3. The molecule has 1 saturated heterocycles. The van der Waals surface area contributed by atoms with Crippen LogP contribution in [-0.4, -0.2) is 47.5 Å². The smallest absolute Gasteiger partial charge is 0.329 e. The Labute approximate surface area is 143 Å². The van der Waals surface area contributed by atoms with Crippen LogP contribution in [0.5, 0.6) is 0 Å². The van der Waals surface area contributed by atoms with Crippen molar-refractivity contribution in [2.75, 3.05) is 13.1 Å². The summed E-state index contributed by atoms with van der Waals surface area (Å²) in [5.41, 5.74) is 2.76. The van der Waals surface area contributed by atoms with Crippen molar-refractivity contribution in [1.29, 1.82) is 0 Å². The molecule has 0 aromatic carbocycles. The Kier molecular flexibility index (Phi) is 7.21. The molecule has 0 aromatic heterocycles. The third kappa shape index (κ3) is 5.94. The third-order valence-corrected chi connectivity index (χ3v) is 4.57. The maximum absolute atomic E-state index is 12.0. The number of carbonyl (C=O) groups is 3. The van der Waals surface area contributed by atoms with E-state index >= 15 is 0 Å². The maximum Gasteiger partial charge on any atom is 0.329 e. The largest absolute Gasteiger partial charge is 0.353 e. The van der Waals surface area contributed by atoms with Crippen LogP contribution in [0.15, 0.2) is 5.10 Å². The van der Waals surface area contributed by atoms with Gasteiger partial charge in [-0.2, -0.15) is 5.10 Å². The van der Waals surface area contributed by atoms with Crippen LogP contribution in [0, 0.1) is 0 Å². The molecule has 7 heteroatoms. The van der Waals surface area contributed by atoms with Gasteiger partial charge in [-0.15, -0.1) is 0 Å². The minimum Gasteiger partial charge on any atom is -0.353 e. The van der Waals surface area contributed by atoms with Gasteiger partial charge in [-0.05, 0) is 39.0 Å². The molecule has 1 aliphatic carbocycles. The van der Waals surface area contributed by atoms with Gasteiger partial charge in [-0.3, -0.25) is 14.4 Å².